The minimum absolute atomic E-state index is 0.203. The summed E-state index contributed by atoms with van der Waals surface area (Å²) in [5.74, 6) is 0.989. The van der Waals surface area contributed by atoms with Crippen molar-refractivity contribution in [3.8, 4) is 5.75 Å². The van der Waals surface area contributed by atoms with Crippen LogP contribution in [0.4, 0.5) is 0 Å². The lowest BCUT2D eigenvalue weighted by molar-refractivity contribution is 0.241. The molecule has 0 unspecified atom stereocenters. The van der Waals surface area contributed by atoms with Crippen LogP contribution in [0.1, 0.15) is 72.4 Å². The molecule has 20 heavy (non-hydrogen) atoms. The number of benzene rings is 1. The molecule has 0 aliphatic carbocycles. The first kappa shape index (κ1) is 16.8. The molecule has 112 valence electrons. The summed E-state index contributed by atoms with van der Waals surface area (Å²) in [6.07, 6.45) is 4.66. The van der Waals surface area contributed by atoms with Gasteiger partial charge in [0.25, 0.3) is 0 Å². The van der Waals surface area contributed by atoms with Crippen molar-refractivity contribution in [3.63, 3.8) is 0 Å². The summed E-state index contributed by atoms with van der Waals surface area (Å²) in [6, 6.07) is 6.63. The van der Waals surface area contributed by atoms with Gasteiger partial charge < -0.3 is 4.74 Å². The van der Waals surface area contributed by atoms with E-state index in [9.17, 15) is 0 Å². The van der Waals surface area contributed by atoms with Crippen LogP contribution < -0.4 is 4.74 Å². The topological polar surface area (TPSA) is 9.23 Å². The molecule has 0 atom stereocenters. The second-order valence-corrected chi connectivity index (χ2v) is 6.50. The first-order valence-corrected chi connectivity index (χ1v) is 7.78. The zero-order chi connectivity index (χ0) is 15.3. The summed E-state index contributed by atoms with van der Waals surface area (Å²) >= 11 is 0. The van der Waals surface area contributed by atoms with Crippen LogP contribution in [0.15, 0.2) is 23.8 Å². The number of ether oxygens (including phenoxy) is 1. The highest BCUT2D eigenvalue weighted by Gasteiger charge is 2.19. The molecular weight excluding hydrogens is 244 g/mol. The summed E-state index contributed by atoms with van der Waals surface area (Å²) in [5, 5.41) is 0. The molecule has 0 bridgehead atoms. The van der Waals surface area contributed by atoms with Gasteiger partial charge in [-0.3, -0.25) is 0 Å². The van der Waals surface area contributed by atoms with Crippen LogP contribution in [0.2, 0.25) is 0 Å². The van der Waals surface area contributed by atoms with Gasteiger partial charge >= 0.3 is 0 Å². The van der Waals surface area contributed by atoms with Crippen molar-refractivity contribution in [1.82, 2.24) is 0 Å². The van der Waals surface area contributed by atoms with Crippen LogP contribution in [0.25, 0.3) is 6.08 Å². The fraction of sp³-hybridized carbons (Fsp3) is 0.579. The van der Waals surface area contributed by atoms with E-state index in [4.69, 9.17) is 4.74 Å². The minimum atomic E-state index is 0.203. The lowest BCUT2D eigenvalue weighted by Gasteiger charge is -2.25. The Hall–Kier alpha value is -1.24. The molecule has 0 N–H and O–H groups in total. The fourth-order valence-corrected chi connectivity index (χ4v) is 2.02. The molecule has 1 aromatic carbocycles. The van der Waals surface area contributed by atoms with E-state index >= 15 is 0 Å². The number of allylic oxidation sites excluding steroid dienone is 1. The van der Waals surface area contributed by atoms with E-state index in [1.807, 2.05) is 0 Å². The quantitative estimate of drug-likeness (QED) is 0.620. The van der Waals surface area contributed by atoms with Crippen LogP contribution in [-0.2, 0) is 5.41 Å². The molecule has 0 fully saturated rings. The molecule has 0 saturated heterocycles. The average Bonchev–Trinajstić information content (AvgIpc) is 2.39. The van der Waals surface area contributed by atoms with E-state index < -0.39 is 0 Å². The van der Waals surface area contributed by atoms with Crippen molar-refractivity contribution in [2.45, 2.75) is 72.8 Å². The van der Waals surface area contributed by atoms with Gasteiger partial charge in [0, 0.05) is 5.56 Å². The summed E-state index contributed by atoms with van der Waals surface area (Å²) in [7, 11) is 0. The highest BCUT2D eigenvalue weighted by molar-refractivity contribution is 5.61. The maximum absolute atomic E-state index is 5.95. The Morgan fingerprint density at radius 1 is 1.25 bits per heavy atom. The Balaban J connectivity index is 3.28. The van der Waals surface area contributed by atoms with Crippen LogP contribution in [0, 0.1) is 0 Å². The molecule has 0 aliphatic heterocycles. The normalized spacial score (nSPS) is 12.9. The third kappa shape index (κ3) is 4.40. The van der Waals surface area contributed by atoms with Gasteiger partial charge in [-0.25, -0.2) is 0 Å². The predicted octanol–water partition coefficient (Wildman–Crippen LogP) is 5.97. The number of rotatable bonds is 6. The summed E-state index contributed by atoms with van der Waals surface area (Å²) in [4.78, 5) is 0. The zero-order valence-corrected chi connectivity index (χ0v) is 14.2. The molecule has 1 aromatic rings. The van der Waals surface area contributed by atoms with Gasteiger partial charge in [-0.05, 0) is 56.7 Å². The molecular formula is C19H30O. The van der Waals surface area contributed by atoms with Gasteiger partial charge in [-0.2, -0.15) is 0 Å². The largest absolute Gasteiger partial charge is 0.490 e. The van der Waals surface area contributed by atoms with Crippen LogP contribution in [-0.4, -0.2) is 6.10 Å². The molecule has 0 heterocycles. The Morgan fingerprint density at radius 3 is 2.40 bits per heavy atom. The third-order valence-corrected chi connectivity index (χ3v) is 4.00. The van der Waals surface area contributed by atoms with Gasteiger partial charge in [0.1, 0.15) is 5.75 Å². The highest BCUT2D eigenvalue weighted by atomic mass is 16.5. The molecule has 0 spiro atoms. The Kier molecular flexibility index (Phi) is 5.86. The maximum Gasteiger partial charge on any atom is 0.126 e. The summed E-state index contributed by atoms with van der Waals surface area (Å²) in [6.45, 7) is 15.3. The lowest BCUT2D eigenvalue weighted by Crippen LogP contribution is -2.16. The van der Waals surface area contributed by atoms with Crippen LogP contribution in [0.5, 0.6) is 5.75 Å². The second kappa shape index (κ2) is 6.97. The monoisotopic (exact) mass is 274 g/mol. The van der Waals surface area contributed by atoms with Crippen molar-refractivity contribution in [3.05, 3.63) is 34.9 Å². The van der Waals surface area contributed by atoms with E-state index in [0.717, 1.165) is 18.6 Å². The average molecular weight is 274 g/mol. The van der Waals surface area contributed by atoms with Crippen molar-refractivity contribution in [2.24, 2.45) is 0 Å². The SMILES string of the molecule is CCC(C)=Cc1cc(C(C)(C)CC)ccc1OC(C)C. The molecule has 1 rings (SSSR count). The summed E-state index contributed by atoms with van der Waals surface area (Å²) in [5.41, 5.74) is 4.17. The van der Waals surface area contributed by atoms with Gasteiger partial charge in [0.05, 0.1) is 6.10 Å². The van der Waals surface area contributed by atoms with E-state index in [1.54, 1.807) is 0 Å². The van der Waals surface area contributed by atoms with E-state index in [0.29, 0.717) is 0 Å². The van der Waals surface area contributed by atoms with Crippen LogP contribution >= 0.6 is 0 Å². The first-order chi connectivity index (χ1) is 9.30. The molecule has 1 heteroatoms. The first-order valence-electron chi connectivity index (χ1n) is 7.78. The Bertz CT molecular complexity index is 467. The molecule has 1 nitrogen and oxygen atoms in total. The van der Waals surface area contributed by atoms with Gasteiger partial charge in [-0.15, -0.1) is 0 Å². The van der Waals surface area contributed by atoms with Crippen molar-refractivity contribution < 1.29 is 4.74 Å². The van der Waals surface area contributed by atoms with Gasteiger partial charge in [0.2, 0.25) is 0 Å². The maximum atomic E-state index is 5.95. The lowest BCUT2D eigenvalue weighted by atomic mass is 9.81. The smallest absolute Gasteiger partial charge is 0.126 e. The Labute approximate surface area is 125 Å². The highest BCUT2D eigenvalue weighted by Crippen LogP contribution is 2.32. The third-order valence-electron chi connectivity index (χ3n) is 4.00. The predicted molar refractivity (Wildman–Crippen MR) is 89.5 cm³/mol. The van der Waals surface area contributed by atoms with Crippen molar-refractivity contribution in [1.29, 1.82) is 0 Å². The van der Waals surface area contributed by atoms with E-state index in [1.165, 1.54) is 16.7 Å². The fourth-order valence-electron chi connectivity index (χ4n) is 2.02. The number of hydrogen-bond donors (Lipinski definition) is 0. The van der Waals surface area contributed by atoms with Crippen LogP contribution in [0.3, 0.4) is 0 Å². The van der Waals surface area contributed by atoms with Gasteiger partial charge in [-0.1, -0.05) is 45.4 Å². The molecule has 0 aromatic heterocycles. The molecule has 0 aliphatic rings. The van der Waals surface area contributed by atoms with Gasteiger partial charge in [0.15, 0.2) is 0 Å². The molecule has 0 radical (unpaired) electrons. The van der Waals surface area contributed by atoms with E-state index in [-0.39, 0.29) is 11.5 Å². The van der Waals surface area contributed by atoms with E-state index in [2.05, 4.69) is 72.7 Å². The minimum Gasteiger partial charge on any atom is -0.490 e. The molecule has 0 saturated carbocycles. The van der Waals surface area contributed by atoms with Crippen molar-refractivity contribution >= 4 is 6.08 Å². The zero-order valence-electron chi connectivity index (χ0n) is 14.2. The number of hydrogen-bond acceptors (Lipinski definition) is 1. The molecule has 0 amide bonds. The van der Waals surface area contributed by atoms with Crippen molar-refractivity contribution in [2.75, 3.05) is 0 Å². The second-order valence-electron chi connectivity index (χ2n) is 6.50. The summed E-state index contributed by atoms with van der Waals surface area (Å²) < 4.78 is 5.95. The Morgan fingerprint density at radius 2 is 1.90 bits per heavy atom. The standard InChI is InChI=1S/C19H30O/c1-8-15(5)12-16-13-17(19(6,7)9-2)10-11-18(16)20-14(3)4/h10-14H,8-9H2,1-7H3.